The number of amides is 1. The summed E-state index contributed by atoms with van der Waals surface area (Å²) < 4.78 is 4.89. The van der Waals surface area contributed by atoms with Crippen LogP contribution in [-0.2, 0) is 4.79 Å². The number of aromatic nitrogens is 3. The van der Waals surface area contributed by atoms with E-state index in [1.54, 1.807) is 21.0 Å². The second kappa shape index (κ2) is 5.96. The van der Waals surface area contributed by atoms with Gasteiger partial charge in [-0.2, -0.15) is 15.0 Å². The minimum atomic E-state index is -0.474. The fourth-order valence-electron chi connectivity index (χ4n) is 1.22. The van der Waals surface area contributed by atoms with Crippen molar-refractivity contribution in [3.63, 3.8) is 0 Å². The highest BCUT2D eigenvalue weighted by molar-refractivity contribution is 5.83. The van der Waals surface area contributed by atoms with E-state index < -0.39 is 6.04 Å². The van der Waals surface area contributed by atoms with Gasteiger partial charge in [-0.15, -0.1) is 0 Å². The molecule has 0 saturated carbocycles. The van der Waals surface area contributed by atoms with Crippen molar-refractivity contribution in [3.8, 4) is 6.01 Å². The topological polar surface area (TPSA) is 118 Å². The number of likely N-dealkylation sites (N-methyl/N-ethyl adjacent to an activating group) is 1. The molecule has 0 spiro atoms. The first-order valence-electron chi connectivity index (χ1n) is 5.22. The largest absolute Gasteiger partial charge is 0.467 e. The highest BCUT2D eigenvalue weighted by Crippen LogP contribution is 2.10. The van der Waals surface area contributed by atoms with Gasteiger partial charge in [0.15, 0.2) is 0 Å². The van der Waals surface area contributed by atoms with Crippen LogP contribution in [0.1, 0.15) is 6.92 Å². The molecule has 0 saturated heterocycles. The van der Waals surface area contributed by atoms with E-state index in [-0.39, 0.29) is 23.8 Å². The van der Waals surface area contributed by atoms with Gasteiger partial charge in [-0.25, -0.2) is 5.84 Å². The molecule has 0 aliphatic heterocycles. The third-order valence-electron chi connectivity index (χ3n) is 2.08. The van der Waals surface area contributed by atoms with E-state index in [0.717, 1.165) is 0 Å². The maximum absolute atomic E-state index is 11.7. The van der Waals surface area contributed by atoms with Gasteiger partial charge in [0.05, 0.1) is 7.11 Å². The summed E-state index contributed by atoms with van der Waals surface area (Å²) in [6, 6.07) is -0.373. The van der Waals surface area contributed by atoms with Gasteiger partial charge in [-0.1, -0.05) is 0 Å². The predicted octanol–water partition coefficient (Wildman–Crippen LogP) is -0.946. The average molecular weight is 255 g/mol. The lowest BCUT2D eigenvalue weighted by atomic mass is 10.3. The molecule has 100 valence electrons. The van der Waals surface area contributed by atoms with Gasteiger partial charge in [0, 0.05) is 14.1 Å². The molecule has 0 aliphatic rings. The van der Waals surface area contributed by atoms with Crippen LogP contribution in [0.15, 0.2) is 0 Å². The summed E-state index contributed by atoms with van der Waals surface area (Å²) in [6.45, 7) is 1.70. The van der Waals surface area contributed by atoms with Crippen molar-refractivity contribution >= 4 is 17.8 Å². The van der Waals surface area contributed by atoms with Crippen molar-refractivity contribution in [2.24, 2.45) is 5.84 Å². The number of hydrazine groups is 1. The molecule has 0 radical (unpaired) electrons. The minimum absolute atomic E-state index is 0.100. The van der Waals surface area contributed by atoms with E-state index in [0.29, 0.717) is 0 Å². The Morgan fingerprint density at radius 2 is 1.94 bits per heavy atom. The van der Waals surface area contributed by atoms with Crippen molar-refractivity contribution in [3.05, 3.63) is 0 Å². The zero-order valence-electron chi connectivity index (χ0n) is 10.8. The number of nitrogen functional groups attached to an aromatic ring is 1. The number of carbonyl (C=O) groups excluding carboxylic acids is 1. The van der Waals surface area contributed by atoms with Crippen molar-refractivity contribution in [2.45, 2.75) is 13.0 Å². The Balaban J connectivity index is 2.86. The Bertz CT molecular complexity index is 401. The summed E-state index contributed by atoms with van der Waals surface area (Å²) in [4.78, 5) is 24.9. The van der Waals surface area contributed by atoms with E-state index in [2.05, 4.69) is 25.7 Å². The number of hydrogen-bond acceptors (Lipinski definition) is 8. The summed E-state index contributed by atoms with van der Waals surface area (Å²) in [6.07, 6.45) is 0. The maximum atomic E-state index is 11.7. The van der Waals surface area contributed by atoms with Crippen molar-refractivity contribution in [1.29, 1.82) is 0 Å². The Morgan fingerprint density at radius 3 is 2.44 bits per heavy atom. The number of anilines is 2. The first kappa shape index (κ1) is 13.9. The van der Waals surface area contributed by atoms with E-state index in [9.17, 15) is 4.79 Å². The van der Waals surface area contributed by atoms with Crippen LogP contribution in [0.5, 0.6) is 6.01 Å². The summed E-state index contributed by atoms with van der Waals surface area (Å²) in [5.41, 5.74) is 2.29. The number of ether oxygens (including phenoxy) is 1. The Morgan fingerprint density at radius 1 is 1.33 bits per heavy atom. The third-order valence-corrected chi connectivity index (χ3v) is 2.08. The smallest absolute Gasteiger partial charge is 0.322 e. The predicted molar refractivity (Wildman–Crippen MR) is 66.0 cm³/mol. The molecule has 1 heterocycles. The molecule has 4 N–H and O–H groups in total. The lowest BCUT2D eigenvalue weighted by Gasteiger charge is -2.18. The maximum Gasteiger partial charge on any atom is 0.322 e. The molecule has 18 heavy (non-hydrogen) atoms. The van der Waals surface area contributed by atoms with Gasteiger partial charge < -0.3 is 15.0 Å². The fourth-order valence-corrected chi connectivity index (χ4v) is 1.22. The summed E-state index contributed by atoms with van der Waals surface area (Å²) in [5.74, 6) is 5.47. The van der Waals surface area contributed by atoms with Gasteiger partial charge in [-0.3, -0.25) is 10.2 Å². The molecule has 1 rings (SSSR count). The minimum Gasteiger partial charge on any atom is -0.467 e. The lowest BCUT2D eigenvalue weighted by Crippen LogP contribution is -2.37. The normalized spacial score (nSPS) is 11.6. The molecule has 1 amide bonds. The standard InChI is InChI=1S/C9H17N7O2/c1-5(6(17)16(2)3)11-7-12-8(15-10)14-9(13-7)18-4/h5H,10H2,1-4H3,(H2,11,12,13,14,15). The van der Waals surface area contributed by atoms with Crippen LogP contribution in [0, 0.1) is 0 Å². The van der Waals surface area contributed by atoms with Crippen molar-refractivity contribution in [1.82, 2.24) is 19.9 Å². The summed E-state index contributed by atoms with van der Waals surface area (Å²) >= 11 is 0. The van der Waals surface area contributed by atoms with E-state index in [1.165, 1.54) is 12.0 Å². The molecule has 9 heteroatoms. The van der Waals surface area contributed by atoms with Gasteiger partial charge in [0.25, 0.3) is 0 Å². The van der Waals surface area contributed by atoms with Crippen molar-refractivity contribution in [2.75, 3.05) is 31.9 Å². The second-order valence-electron chi connectivity index (χ2n) is 3.71. The first-order valence-corrected chi connectivity index (χ1v) is 5.22. The lowest BCUT2D eigenvalue weighted by molar-refractivity contribution is -0.129. The number of nitrogens with zero attached hydrogens (tertiary/aromatic N) is 4. The highest BCUT2D eigenvalue weighted by Gasteiger charge is 2.16. The highest BCUT2D eigenvalue weighted by atomic mass is 16.5. The molecular formula is C9H17N7O2. The fraction of sp³-hybridized carbons (Fsp3) is 0.556. The second-order valence-corrected chi connectivity index (χ2v) is 3.71. The number of nitrogens with two attached hydrogens (primary N) is 1. The Hall–Kier alpha value is -2.16. The van der Waals surface area contributed by atoms with Gasteiger partial charge in [-0.05, 0) is 6.92 Å². The monoisotopic (exact) mass is 255 g/mol. The zero-order valence-corrected chi connectivity index (χ0v) is 10.8. The quantitative estimate of drug-likeness (QED) is 0.455. The van der Waals surface area contributed by atoms with Crippen LogP contribution in [0.2, 0.25) is 0 Å². The average Bonchev–Trinajstić information content (AvgIpc) is 2.36. The SMILES string of the molecule is COc1nc(NN)nc(NC(C)C(=O)N(C)C)n1. The Kier molecular flexibility index (Phi) is 4.60. The molecule has 0 aliphatic carbocycles. The third kappa shape index (κ3) is 3.42. The van der Waals surface area contributed by atoms with E-state index in [1.807, 2.05) is 0 Å². The molecular weight excluding hydrogens is 238 g/mol. The van der Waals surface area contributed by atoms with Gasteiger partial charge >= 0.3 is 6.01 Å². The molecule has 1 aromatic rings. The summed E-state index contributed by atoms with van der Waals surface area (Å²) in [5, 5.41) is 2.84. The number of carbonyl (C=O) groups is 1. The molecule has 9 nitrogen and oxygen atoms in total. The zero-order chi connectivity index (χ0) is 13.7. The van der Waals surface area contributed by atoms with Crippen LogP contribution in [-0.4, -0.2) is 53.0 Å². The number of rotatable bonds is 5. The van der Waals surface area contributed by atoms with Crippen molar-refractivity contribution < 1.29 is 9.53 Å². The van der Waals surface area contributed by atoms with Crippen LogP contribution in [0.25, 0.3) is 0 Å². The molecule has 0 bridgehead atoms. The first-order chi connectivity index (χ1) is 8.47. The molecule has 1 atom stereocenters. The van der Waals surface area contributed by atoms with Crippen LogP contribution in [0.3, 0.4) is 0 Å². The molecule has 0 fully saturated rings. The number of nitrogens with one attached hydrogen (secondary N) is 2. The van der Waals surface area contributed by atoms with Crippen LogP contribution < -0.4 is 21.3 Å². The van der Waals surface area contributed by atoms with Gasteiger partial charge in [0.2, 0.25) is 17.8 Å². The van der Waals surface area contributed by atoms with E-state index in [4.69, 9.17) is 10.6 Å². The number of methoxy groups -OCH3 is 1. The molecule has 1 unspecified atom stereocenters. The number of hydrogen-bond donors (Lipinski definition) is 3. The van der Waals surface area contributed by atoms with Crippen LogP contribution in [0.4, 0.5) is 11.9 Å². The van der Waals surface area contributed by atoms with Gasteiger partial charge in [0.1, 0.15) is 6.04 Å². The van der Waals surface area contributed by atoms with E-state index >= 15 is 0 Å². The molecule has 0 aromatic carbocycles. The van der Waals surface area contributed by atoms with Crippen LogP contribution >= 0.6 is 0 Å². The summed E-state index contributed by atoms with van der Waals surface area (Å²) in [7, 11) is 4.76. The molecule has 1 aromatic heterocycles. The Labute approximate surface area is 105 Å².